The molecule has 1 aliphatic heterocycles. The lowest BCUT2D eigenvalue weighted by atomic mass is 10.6. The van der Waals surface area contributed by atoms with E-state index in [1.165, 1.54) is 20.6 Å². The molecule has 0 aromatic rings. The molecule has 0 unspecified atom stereocenters. The third-order valence-corrected chi connectivity index (χ3v) is 3.35. The predicted octanol–water partition coefficient (Wildman–Crippen LogP) is 3.71. The highest BCUT2D eigenvalue weighted by atomic mass is 32.2. The van der Waals surface area contributed by atoms with E-state index in [9.17, 15) is 22.8 Å². The minimum absolute atomic E-state index is 0.149. The zero-order valence-corrected chi connectivity index (χ0v) is 19.7. The van der Waals surface area contributed by atoms with Crippen LogP contribution in [0.4, 0.5) is 14.4 Å². The lowest BCUT2D eigenvalue weighted by molar-refractivity contribution is 0.0630. The van der Waals surface area contributed by atoms with Crippen LogP contribution in [0.25, 0.3) is 0 Å². The van der Waals surface area contributed by atoms with E-state index in [1.807, 2.05) is 0 Å². The van der Waals surface area contributed by atoms with Gasteiger partial charge >= 0.3 is 18.5 Å². The highest BCUT2D eigenvalue weighted by molar-refractivity contribution is 7.94. The molecule has 0 aromatic heterocycles. The van der Waals surface area contributed by atoms with Crippen molar-refractivity contribution in [3.63, 3.8) is 0 Å². The molecule has 1 fully saturated rings. The highest BCUT2D eigenvalue weighted by Gasteiger charge is 2.09. The molecule has 30 heavy (non-hydrogen) atoms. The third-order valence-electron chi connectivity index (χ3n) is 2.04. The summed E-state index contributed by atoms with van der Waals surface area (Å²) >= 11 is 0. The third kappa shape index (κ3) is 36.4. The minimum Gasteiger partial charge on any atom is -0.438 e. The number of hydrogen-bond donors (Lipinski definition) is 0. The fraction of sp³-hybridized carbons (Fsp3) is 0.722. The van der Waals surface area contributed by atoms with Crippen LogP contribution < -0.4 is 0 Å². The van der Waals surface area contributed by atoms with Crippen LogP contribution in [-0.4, -0.2) is 73.3 Å². The van der Waals surface area contributed by atoms with Gasteiger partial charge in [0.05, 0.1) is 33.2 Å². The van der Waals surface area contributed by atoms with Crippen molar-refractivity contribution in [1.29, 1.82) is 0 Å². The molecule has 0 saturated carbocycles. The normalized spacial score (nSPS) is 10.7. The highest BCUT2D eigenvalue weighted by Crippen LogP contribution is 1.92. The Balaban J connectivity index is -0.000000144. The van der Waals surface area contributed by atoms with Crippen molar-refractivity contribution in [2.24, 2.45) is 0 Å². The van der Waals surface area contributed by atoms with Gasteiger partial charge < -0.3 is 28.4 Å². The van der Waals surface area contributed by atoms with Gasteiger partial charge in [0.2, 0.25) is 0 Å². The van der Waals surface area contributed by atoms with Crippen molar-refractivity contribution in [2.75, 3.05) is 46.4 Å². The summed E-state index contributed by atoms with van der Waals surface area (Å²) in [6.07, 6.45) is -0.542. The number of hydrogen-bond acceptors (Lipinski definition) is 11. The molecule has 1 saturated heterocycles. The first-order valence-corrected chi connectivity index (χ1v) is 10.8. The van der Waals surface area contributed by atoms with Crippen LogP contribution in [0, 0.1) is 0 Å². The smallest absolute Gasteiger partial charge is 0.438 e. The number of carbonyl (C=O) groups is 3. The molecule has 0 bridgehead atoms. The van der Waals surface area contributed by atoms with E-state index in [0.29, 0.717) is 26.4 Å². The molecule has 0 aromatic carbocycles. The summed E-state index contributed by atoms with van der Waals surface area (Å²) in [5, 5.41) is 0.965. The largest absolute Gasteiger partial charge is 0.508 e. The molecule has 0 radical (unpaired) electrons. The Bertz CT molecular complexity index is 506. The van der Waals surface area contributed by atoms with Crippen molar-refractivity contribution in [1.82, 2.24) is 0 Å². The summed E-state index contributed by atoms with van der Waals surface area (Å²) in [5.74, 6) is 0.149. The predicted molar refractivity (Wildman–Crippen MR) is 111 cm³/mol. The molecule has 0 aliphatic carbocycles. The van der Waals surface area contributed by atoms with Gasteiger partial charge in [0, 0.05) is 5.41 Å². The van der Waals surface area contributed by atoms with Gasteiger partial charge in [-0.1, -0.05) is 33.8 Å². The first kappa shape index (κ1) is 35.0. The van der Waals surface area contributed by atoms with Crippen LogP contribution in [0.2, 0.25) is 0 Å². The van der Waals surface area contributed by atoms with Crippen LogP contribution in [0.3, 0.4) is 0 Å². The molecular formula is C18H36O11S. The Kier molecular flexibility index (Phi) is 30.9. The average Bonchev–Trinajstić information content (AvgIpc) is 3.20. The monoisotopic (exact) mass is 460 g/mol. The van der Waals surface area contributed by atoms with E-state index < -0.39 is 28.3 Å². The molecule has 0 atom stereocenters. The molecular weight excluding hydrogens is 424 g/mol. The first-order valence-electron chi connectivity index (χ1n) is 9.11. The van der Waals surface area contributed by atoms with Gasteiger partial charge in [0.25, 0.3) is 0 Å². The fourth-order valence-electron chi connectivity index (χ4n) is 0.770. The van der Waals surface area contributed by atoms with Gasteiger partial charge in [-0.3, -0.25) is 0 Å². The van der Waals surface area contributed by atoms with Crippen LogP contribution in [0.15, 0.2) is 12.0 Å². The SMILES string of the molecule is C=CS(=O)(=O)CC.CCC.CCOC(=O)OCC.COC(=O)OC.O=C1OCCO1. The lowest BCUT2D eigenvalue weighted by Gasteiger charge is -1.98. The molecule has 0 N–H and O–H groups in total. The average molecular weight is 461 g/mol. The van der Waals surface area contributed by atoms with Crippen LogP contribution in [-0.2, 0) is 38.3 Å². The summed E-state index contributed by atoms with van der Waals surface area (Å²) in [5.41, 5.74) is 0. The standard InChI is InChI=1S/C5H10O3.C4H8O2S.C3H4O3.C3H6O3.C3H8/c1-3-7-5(6)8-4-2;1-3-7(5,6)4-2;4-3-5-1-2-6-3;1-5-3(4)6-2;1-3-2/h3-4H2,1-2H3;3H,1,4H2,2H3;1-2H2;1-2H3;3H2,1-2H3. The van der Waals surface area contributed by atoms with Gasteiger partial charge in [-0.25, -0.2) is 22.8 Å². The molecule has 12 heteroatoms. The van der Waals surface area contributed by atoms with Crippen LogP contribution in [0.1, 0.15) is 41.0 Å². The Morgan fingerprint density at radius 2 is 1.30 bits per heavy atom. The first-order chi connectivity index (χ1) is 14.0. The summed E-state index contributed by atoms with van der Waals surface area (Å²) in [7, 11) is -0.382. The van der Waals surface area contributed by atoms with E-state index >= 15 is 0 Å². The quantitative estimate of drug-likeness (QED) is 0.447. The molecule has 11 nitrogen and oxygen atoms in total. The maximum absolute atomic E-state index is 10.2. The van der Waals surface area contributed by atoms with Gasteiger partial charge in [0.1, 0.15) is 13.2 Å². The molecule has 1 heterocycles. The zero-order valence-electron chi connectivity index (χ0n) is 18.9. The summed E-state index contributed by atoms with van der Waals surface area (Å²) in [6.45, 7) is 14.0. The fourth-order valence-corrected chi connectivity index (χ4v) is 1.01. The molecule has 1 rings (SSSR count). The number of sulfone groups is 1. The second kappa shape index (κ2) is 26.5. The topological polar surface area (TPSA) is 141 Å². The van der Waals surface area contributed by atoms with Gasteiger partial charge in [-0.2, -0.15) is 0 Å². The Hall–Kier alpha value is -2.50. The van der Waals surface area contributed by atoms with Crippen molar-refractivity contribution in [2.45, 2.75) is 41.0 Å². The molecule has 180 valence electrons. The second-order valence-corrected chi connectivity index (χ2v) is 6.78. The van der Waals surface area contributed by atoms with Gasteiger partial charge in [-0.05, 0) is 13.8 Å². The van der Waals surface area contributed by atoms with Crippen molar-refractivity contribution in [3.8, 4) is 0 Å². The van der Waals surface area contributed by atoms with Gasteiger partial charge in [0.15, 0.2) is 9.84 Å². The number of cyclic esters (lactones) is 2. The molecule has 0 spiro atoms. The number of rotatable bonds is 4. The van der Waals surface area contributed by atoms with E-state index in [0.717, 1.165) is 5.41 Å². The molecule has 0 amide bonds. The van der Waals surface area contributed by atoms with E-state index in [1.54, 1.807) is 20.8 Å². The number of carbonyl (C=O) groups excluding carboxylic acids is 3. The maximum atomic E-state index is 10.2. The van der Waals surface area contributed by atoms with Gasteiger partial charge in [-0.15, -0.1) is 0 Å². The summed E-state index contributed by atoms with van der Waals surface area (Å²) in [6, 6.07) is 0. The molecule has 1 aliphatic rings. The van der Waals surface area contributed by atoms with E-state index in [-0.39, 0.29) is 5.75 Å². The number of methoxy groups -OCH3 is 2. The Morgan fingerprint density at radius 3 is 1.40 bits per heavy atom. The Labute approximate surface area is 179 Å². The Morgan fingerprint density at radius 1 is 0.933 bits per heavy atom. The van der Waals surface area contributed by atoms with Crippen LogP contribution >= 0.6 is 0 Å². The van der Waals surface area contributed by atoms with E-state index in [4.69, 9.17) is 0 Å². The second-order valence-electron chi connectivity index (χ2n) is 4.55. The van der Waals surface area contributed by atoms with Crippen molar-refractivity contribution >= 4 is 28.3 Å². The van der Waals surface area contributed by atoms with Crippen LogP contribution in [0.5, 0.6) is 0 Å². The summed E-state index contributed by atoms with van der Waals surface area (Å²) in [4.78, 5) is 29.7. The minimum atomic E-state index is -2.89. The maximum Gasteiger partial charge on any atom is 0.508 e. The zero-order chi connectivity index (χ0) is 24.4. The lowest BCUT2D eigenvalue weighted by Crippen LogP contribution is -2.05. The van der Waals surface area contributed by atoms with Crippen molar-refractivity contribution < 1.29 is 51.2 Å². The van der Waals surface area contributed by atoms with Crippen molar-refractivity contribution in [3.05, 3.63) is 12.0 Å². The van der Waals surface area contributed by atoms with E-state index in [2.05, 4.69) is 48.8 Å². The summed E-state index contributed by atoms with van der Waals surface area (Å²) < 4.78 is 46.0. The number of ether oxygens (including phenoxy) is 6.